The molecule has 4 atom stereocenters. The largest absolute Gasteiger partial charge is 0.298 e. The summed E-state index contributed by atoms with van der Waals surface area (Å²) in [6.45, 7) is 4.70. The molecule has 2 fully saturated rings. The lowest BCUT2D eigenvalue weighted by molar-refractivity contribution is 0.200. The van der Waals surface area contributed by atoms with Crippen molar-refractivity contribution in [3.63, 3.8) is 0 Å². The van der Waals surface area contributed by atoms with Crippen LogP contribution in [-0.4, -0.2) is 30.2 Å². The highest BCUT2D eigenvalue weighted by atomic mass is 15.3. The summed E-state index contributed by atoms with van der Waals surface area (Å²) in [5, 5.41) is 3.72. The second-order valence-electron chi connectivity index (χ2n) is 5.31. The van der Waals surface area contributed by atoms with E-state index in [0.29, 0.717) is 6.17 Å². The third kappa shape index (κ3) is 1.96. The molecule has 0 bridgehead atoms. The molecule has 1 N–H and O–H groups in total. The Morgan fingerprint density at radius 2 is 1.86 bits per heavy atom. The number of nitrogens with one attached hydrogen (secondary N) is 1. The number of rotatable bonds is 0. The van der Waals surface area contributed by atoms with Gasteiger partial charge in [-0.2, -0.15) is 0 Å². The molecular formula is C12H24N2. The van der Waals surface area contributed by atoms with Crippen molar-refractivity contribution in [2.75, 3.05) is 7.05 Å². The van der Waals surface area contributed by atoms with Gasteiger partial charge in [-0.1, -0.05) is 26.2 Å². The van der Waals surface area contributed by atoms with Gasteiger partial charge >= 0.3 is 0 Å². The van der Waals surface area contributed by atoms with Crippen molar-refractivity contribution in [3.05, 3.63) is 0 Å². The Balaban J connectivity index is 2.04. The molecule has 0 aromatic carbocycles. The number of likely N-dealkylation sites (N-methyl/N-ethyl adjacent to an activating group) is 1. The van der Waals surface area contributed by atoms with E-state index in [-0.39, 0.29) is 0 Å². The fourth-order valence-electron chi connectivity index (χ4n) is 3.10. The molecule has 1 saturated carbocycles. The van der Waals surface area contributed by atoms with Crippen LogP contribution in [0.25, 0.3) is 0 Å². The van der Waals surface area contributed by atoms with Gasteiger partial charge in [-0.25, -0.2) is 0 Å². The van der Waals surface area contributed by atoms with E-state index in [0.717, 1.165) is 18.0 Å². The number of fused-ring (bicyclic) bond motifs is 1. The molecule has 3 unspecified atom stereocenters. The molecule has 1 aliphatic carbocycles. The first-order valence-electron chi connectivity index (χ1n) is 6.16. The zero-order valence-electron chi connectivity index (χ0n) is 9.79. The molecule has 82 valence electrons. The molecule has 2 rings (SSSR count). The fourth-order valence-corrected chi connectivity index (χ4v) is 3.10. The average molecular weight is 196 g/mol. The second-order valence-corrected chi connectivity index (χ2v) is 5.31. The maximum atomic E-state index is 3.72. The molecule has 2 nitrogen and oxygen atoms in total. The minimum absolute atomic E-state index is 0.579. The third-order valence-corrected chi connectivity index (χ3v) is 4.16. The molecule has 0 amide bonds. The van der Waals surface area contributed by atoms with Crippen LogP contribution < -0.4 is 5.32 Å². The molecule has 1 aliphatic heterocycles. The molecule has 0 aromatic heterocycles. The van der Waals surface area contributed by atoms with Crippen LogP contribution >= 0.6 is 0 Å². The van der Waals surface area contributed by atoms with Gasteiger partial charge in [0.1, 0.15) is 0 Å². The molecule has 0 radical (unpaired) electrons. The molecule has 2 heteroatoms. The maximum Gasteiger partial charge on any atom is 0.0571 e. The van der Waals surface area contributed by atoms with Crippen molar-refractivity contribution < 1.29 is 0 Å². The average Bonchev–Trinajstić information content (AvgIpc) is 2.37. The summed E-state index contributed by atoms with van der Waals surface area (Å²) in [6, 6.07) is 1.55. The van der Waals surface area contributed by atoms with Crippen molar-refractivity contribution in [1.82, 2.24) is 10.2 Å². The zero-order valence-corrected chi connectivity index (χ0v) is 9.79. The number of nitrogens with zero attached hydrogens (tertiary/aromatic N) is 1. The van der Waals surface area contributed by atoms with Gasteiger partial charge in [-0.15, -0.1) is 0 Å². The molecule has 2 aliphatic rings. The minimum Gasteiger partial charge on any atom is -0.298 e. The summed E-state index contributed by atoms with van der Waals surface area (Å²) >= 11 is 0. The summed E-state index contributed by atoms with van der Waals surface area (Å²) in [5.41, 5.74) is 0. The van der Waals surface area contributed by atoms with E-state index < -0.39 is 0 Å². The highest BCUT2D eigenvalue weighted by molar-refractivity contribution is 4.94. The quantitative estimate of drug-likeness (QED) is 0.639. The third-order valence-electron chi connectivity index (χ3n) is 4.16. The Hall–Kier alpha value is -0.0800. The van der Waals surface area contributed by atoms with E-state index in [1.54, 1.807) is 0 Å². The highest BCUT2D eigenvalue weighted by Gasteiger charge is 2.36. The van der Waals surface area contributed by atoms with Crippen LogP contribution in [0.3, 0.4) is 0 Å². The first-order valence-corrected chi connectivity index (χ1v) is 6.16. The maximum absolute atomic E-state index is 3.72. The van der Waals surface area contributed by atoms with E-state index in [1.807, 2.05) is 0 Å². The lowest BCUT2D eigenvalue weighted by Crippen LogP contribution is -2.37. The van der Waals surface area contributed by atoms with Crippen LogP contribution in [0, 0.1) is 5.92 Å². The van der Waals surface area contributed by atoms with Crippen molar-refractivity contribution in [2.24, 2.45) is 5.92 Å². The van der Waals surface area contributed by atoms with Gasteiger partial charge < -0.3 is 0 Å². The summed E-state index contributed by atoms with van der Waals surface area (Å²) in [4.78, 5) is 2.53. The Labute approximate surface area is 88.1 Å². The SMILES string of the molecule is CC1CCCCC2N[C@H](C)N(C)C2C1. The smallest absolute Gasteiger partial charge is 0.0571 e. The second kappa shape index (κ2) is 4.19. The van der Waals surface area contributed by atoms with Gasteiger partial charge in [0.25, 0.3) is 0 Å². The van der Waals surface area contributed by atoms with Crippen molar-refractivity contribution in [1.29, 1.82) is 0 Å². The lowest BCUT2D eigenvalue weighted by Gasteiger charge is -2.29. The van der Waals surface area contributed by atoms with Gasteiger partial charge in [0.15, 0.2) is 0 Å². The van der Waals surface area contributed by atoms with Gasteiger partial charge in [-0.3, -0.25) is 10.2 Å². The monoisotopic (exact) mass is 196 g/mol. The summed E-state index contributed by atoms with van der Waals surface area (Å²) in [5.74, 6) is 0.914. The molecule has 0 aromatic rings. The van der Waals surface area contributed by atoms with Gasteiger partial charge in [0.05, 0.1) is 6.17 Å². The molecule has 1 saturated heterocycles. The topological polar surface area (TPSA) is 15.3 Å². The van der Waals surface area contributed by atoms with Gasteiger partial charge in [0, 0.05) is 12.1 Å². The first-order chi connectivity index (χ1) is 6.68. The zero-order chi connectivity index (χ0) is 10.1. The Morgan fingerprint density at radius 3 is 2.64 bits per heavy atom. The molecule has 1 heterocycles. The van der Waals surface area contributed by atoms with E-state index in [2.05, 4.69) is 31.1 Å². The van der Waals surface area contributed by atoms with Crippen molar-refractivity contribution in [2.45, 2.75) is 64.2 Å². The van der Waals surface area contributed by atoms with E-state index in [4.69, 9.17) is 0 Å². The lowest BCUT2D eigenvalue weighted by atomic mass is 9.87. The Bertz CT molecular complexity index is 193. The van der Waals surface area contributed by atoms with Crippen molar-refractivity contribution in [3.8, 4) is 0 Å². The predicted molar refractivity (Wildman–Crippen MR) is 60.2 cm³/mol. The molecule has 14 heavy (non-hydrogen) atoms. The van der Waals surface area contributed by atoms with Gasteiger partial charge in [-0.05, 0) is 32.7 Å². The normalized spacial score (nSPS) is 45.6. The predicted octanol–water partition coefficient (Wildman–Crippen LogP) is 2.20. The summed E-state index contributed by atoms with van der Waals surface area (Å²) in [7, 11) is 2.27. The van der Waals surface area contributed by atoms with Crippen LogP contribution in [0.1, 0.15) is 46.0 Å². The first kappa shape index (κ1) is 10.4. The molecule has 0 spiro atoms. The van der Waals surface area contributed by atoms with Crippen molar-refractivity contribution >= 4 is 0 Å². The van der Waals surface area contributed by atoms with E-state index in [1.165, 1.54) is 32.1 Å². The standard InChI is InChI=1S/C12H24N2/c1-9-6-4-5-7-11-12(8-9)14(3)10(2)13-11/h9-13H,4-8H2,1-3H3/t9?,10-,11?,12?/m0/s1. The molecular weight excluding hydrogens is 172 g/mol. The summed E-state index contributed by atoms with van der Waals surface area (Å²) in [6.07, 6.45) is 7.63. The van der Waals surface area contributed by atoms with Crippen LogP contribution in [0.5, 0.6) is 0 Å². The fraction of sp³-hybridized carbons (Fsp3) is 1.00. The van der Waals surface area contributed by atoms with Crippen LogP contribution in [0.15, 0.2) is 0 Å². The van der Waals surface area contributed by atoms with Crippen LogP contribution in [-0.2, 0) is 0 Å². The van der Waals surface area contributed by atoms with Gasteiger partial charge in [0.2, 0.25) is 0 Å². The van der Waals surface area contributed by atoms with Crippen LogP contribution in [0.2, 0.25) is 0 Å². The summed E-state index contributed by atoms with van der Waals surface area (Å²) < 4.78 is 0. The number of hydrogen-bond donors (Lipinski definition) is 1. The minimum atomic E-state index is 0.579. The van der Waals surface area contributed by atoms with E-state index in [9.17, 15) is 0 Å². The number of hydrogen-bond acceptors (Lipinski definition) is 2. The van der Waals surface area contributed by atoms with E-state index >= 15 is 0 Å². The highest BCUT2D eigenvalue weighted by Crippen LogP contribution is 2.29. The Kier molecular flexibility index (Phi) is 3.13. The Morgan fingerprint density at radius 1 is 1.14 bits per heavy atom. The van der Waals surface area contributed by atoms with Crippen LogP contribution in [0.4, 0.5) is 0 Å².